The van der Waals surface area contributed by atoms with Crippen molar-refractivity contribution in [1.82, 2.24) is 20.0 Å². The lowest BCUT2D eigenvalue weighted by molar-refractivity contribution is -0.122. The lowest BCUT2D eigenvalue weighted by Crippen LogP contribution is -2.48. The maximum Gasteiger partial charge on any atom is 0.253 e. The van der Waals surface area contributed by atoms with Crippen LogP contribution in [-0.4, -0.2) is 78.9 Å². The highest BCUT2D eigenvalue weighted by atomic mass is 16.2. The third-order valence-electron chi connectivity index (χ3n) is 7.14. The van der Waals surface area contributed by atoms with E-state index in [1.807, 2.05) is 36.1 Å². The maximum absolute atomic E-state index is 12.7. The molecule has 2 aliphatic rings. The number of hydrogen-bond acceptors (Lipinski definition) is 4. The Hall–Kier alpha value is -2.70. The van der Waals surface area contributed by atoms with Crippen LogP contribution in [0.5, 0.6) is 0 Å². The third kappa shape index (κ3) is 7.15. The first-order chi connectivity index (χ1) is 16.6. The molecule has 2 aromatic carbocycles. The second kappa shape index (κ2) is 12.1. The van der Waals surface area contributed by atoms with Gasteiger partial charge >= 0.3 is 0 Å². The van der Waals surface area contributed by atoms with Crippen LogP contribution in [0.15, 0.2) is 54.6 Å². The second-order valence-corrected chi connectivity index (χ2v) is 9.76. The number of carbonyl (C=O) groups excluding carboxylic acids is 2. The van der Waals surface area contributed by atoms with Crippen LogP contribution in [0, 0.1) is 12.8 Å². The summed E-state index contributed by atoms with van der Waals surface area (Å²) in [4.78, 5) is 32.0. The number of aryl methyl sites for hydroxylation is 1. The van der Waals surface area contributed by atoms with E-state index in [2.05, 4.69) is 45.4 Å². The zero-order valence-corrected chi connectivity index (χ0v) is 20.4. The Labute approximate surface area is 203 Å². The number of hydrogen-bond donors (Lipinski definition) is 1. The number of carbonyl (C=O) groups is 2. The zero-order chi connectivity index (χ0) is 23.8. The fourth-order valence-corrected chi connectivity index (χ4v) is 4.92. The molecule has 0 unspecified atom stereocenters. The molecule has 182 valence electrons. The highest BCUT2D eigenvalue weighted by Gasteiger charge is 2.25. The smallest absolute Gasteiger partial charge is 0.253 e. The van der Waals surface area contributed by atoms with Crippen molar-refractivity contribution in [2.24, 2.45) is 5.92 Å². The van der Waals surface area contributed by atoms with Gasteiger partial charge in [-0.3, -0.25) is 19.4 Å². The minimum atomic E-state index is 0.103. The first-order valence-corrected chi connectivity index (χ1v) is 12.7. The van der Waals surface area contributed by atoms with E-state index >= 15 is 0 Å². The summed E-state index contributed by atoms with van der Waals surface area (Å²) in [5, 5.41) is 3.12. The number of piperazine rings is 1. The normalized spacial score (nSPS) is 18.1. The van der Waals surface area contributed by atoms with Crippen LogP contribution in [0.3, 0.4) is 0 Å². The number of amides is 2. The van der Waals surface area contributed by atoms with E-state index < -0.39 is 0 Å². The molecule has 2 heterocycles. The van der Waals surface area contributed by atoms with Crippen molar-refractivity contribution in [3.63, 3.8) is 0 Å². The molecule has 0 radical (unpaired) electrons. The molecule has 0 saturated carbocycles. The third-order valence-corrected chi connectivity index (χ3v) is 7.14. The van der Waals surface area contributed by atoms with E-state index in [1.54, 1.807) is 0 Å². The van der Waals surface area contributed by atoms with E-state index in [4.69, 9.17) is 0 Å². The van der Waals surface area contributed by atoms with Gasteiger partial charge in [0.05, 0.1) is 0 Å². The molecule has 2 saturated heterocycles. The van der Waals surface area contributed by atoms with Crippen molar-refractivity contribution in [2.75, 3.05) is 52.4 Å². The van der Waals surface area contributed by atoms with Gasteiger partial charge in [0.25, 0.3) is 5.91 Å². The van der Waals surface area contributed by atoms with E-state index in [0.29, 0.717) is 18.9 Å². The van der Waals surface area contributed by atoms with E-state index in [0.717, 1.165) is 76.3 Å². The monoisotopic (exact) mass is 462 g/mol. The van der Waals surface area contributed by atoms with Crippen molar-refractivity contribution < 1.29 is 9.59 Å². The minimum absolute atomic E-state index is 0.103. The summed E-state index contributed by atoms with van der Waals surface area (Å²) >= 11 is 0. The van der Waals surface area contributed by atoms with Gasteiger partial charge in [0, 0.05) is 70.9 Å². The Balaban J connectivity index is 1.08. The van der Waals surface area contributed by atoms with Gasteiger partial charge in [-0.05, 0) is 43.4 Å². The predicted molar refractivity (Wildman–Crippen MR) is 136 cm³/mol. The summed E-state index contributed by atoms with van der Waals surface area (Å²) in [5.74, 6) is 0.612. The number of nitrogens with one attached hydrogen (secondary N) is 1. The van der Waals surface area contributed by atoms with Crippen molar-refractivity contribution in [2.45, 2.75) is 32.7 Å². The quantitative estimate of drug-likeness (QED) is 0.655. The van der Waals surface area contributed by atoms with Gasteiger partial charge in [-0.15, -0.1) is 0 Å². The Morgan fingerprint density at radius 1 is 0.853 bits per heavy atom. The van der Waals surface area contributed by atoms with Crippen molar-refractivity contribution in [1.29, 1.82) is 0 Å². The molecule has 34 heavy (non-hydrogen) atoms. The molecule has 0 atom stereocenters. The lowest BCUT2D eigenvalue weighted by atomic mass is 9.93. The van der Waals surface area contributed by atoms with Crippen LogP contribution < -0.4 is 5.32 Å². The number of nitrogens with zero attached hydrogens (tertiary/aromatic N) is 3. The van der Waals surface area contributed by atoms with Crippen LogP contribution in [0.25, 0.3) is 0 Å². The zero-order valence-electron chi connectivity index (χ0n) is 20.4. The number of likely N-dealkylation sites (tertiary alicyclic amines) is 1. The Morgan fingerprint density at radius 3 is 2.18 bits per heavy atom. The molecular weight excluding hydrogens is 424 g/mol. The molecule has 1 N–H and O–H groups in total. The predicted octanol–water partition coefficient (Wildman–Crippen LogP) is 3.17. The summed E-state index contributed by atoms with van der Waals surface area (Å²) in [6.07, 6.45) is 2.36. The van der Waals surface area contributed by atoms with Crippen LogP contribution in [0.2, 0.25) is 0 Å². The van der Waals surface area contributed by atoms with E-state index in [1.165, 1.54) is 5.56 Å². The minimum Gasteiger partial charge on any atom is -0.355 e. The van der Waals surface area contributed by atoms with Crippen LogP contribution in [0.4, 0.5) is 0 Å². The van der Waals surface area contributed by atoms with Gasteiger partial charge in [-0.25, -0.2) is 0 Å². The molecule has 2 aromatic rings. The van der Waals surface area contributed by atoms with Gasteiger partial charge in [0.15, 0.2) is 0 Å². The molecule has 2 aliphatic heterocycles. The summed E-state index contributed by atoms with van der Waals surface area (Å²) in [6.45, 7) is 10.4. The number of rotatable bonds is 8. The first-order valence-electron chi connectivity index (χ1n) is 12.7. The average Bonchev–Trinajstić information content (AvgIpc) is 2.86. The molecular formula is C28H38N4O2. The molecule has 0 bridgehead atoms. The second-order valence-electron chi connectivity index (χ2n) is 9.76. The van der Waals surface area contributed by atoms with Gasteiger partial charge in [-0.1, -0.05) is 48.0 Å². The van der Waals surface area contributed by atoms with E-state index in [9.17, 15) is 9.59 Å². The fourth-order valence-electron chi connectivity index (χ4n) is 4.92. The van der Waals surface area contributed by atoms with Crippen LogP contribution >= 0.6 is 0 Å². The standard InChI is InChI=1S/C28H38N4O2/c1-23-7-9-26(10-8-23)28(34)32-14-11-24(12-15-32)21-27(33)29-13-16-30-17-19-31(20-18-30)22-25-5-3-2-4-6-25/h2-10,24H,11-22H2,1H3,(H,29,33). The van der Waals surface area contributed by atoms with Crippen molar-refractivity contribution in [3.8, 4) is 0 Å². The average molecular weight is 463 g/mol. The first kappa shape index (κ1) is 24.4. The molecule has 6 heteroatoms. The van der Waals surface area contributed by atoms with Crippen molar-refractivity contribution >= 4 is 11.8 Å². The van der Waals surface area contributed by atoms with Gasteiger partial charge in [0.2, 0.25) is 5.91 Å². The fraction of sp³-hybridized carbons (Fsp3) is 0.500. The Bertz CT molecular complexity index is 915. The van der Waals surface area contributed by atoms with Gasteiger partial charge in [0.1, 0.15) is 0 Å². The molecule has 2 fully saturated rings. The van der Waals surface area contributed by atoms with Crippen LogP contribution in [-0.2, 0) is 11.3 Å². The summed E-state index contributed by atoms with van der Waals surface area (Å²) in [7, 11) is 0. The maximum atomic E-state index is 12.7. The Kier molecular flexibility index (Phi) is 8.72. The van der Waals surface area contributed by atoms with E-state index in [-0.39, 0.29) is 11.8 Å². The highest BCUT2D eigenvalue weighted by molar-refractivity contribution is 5.94. The number of piperidine rings is 1. The summed E-state index contributed by atoms with van der Waals surface area (Å²) in [5.41, 5.74) is 3.28. The largest absolute Gasteiger partial charge is 0.355 e. The summed E-state index contributed by atoms with van der Waals surface area (Å²) in [6, 6.07) is 18.4. The van der Waals surface area contributed by atoms with Gasteiger partial charge < -0.3 is 10.2 Å². The number of benzene rings is 2. The molecule has 6 nitrogen and oxygen atoms in total. The Morgan fingerprint density at radius 2 is 1.50 bits per heavy atom. The van der Waals surface area contributed by atoms with Crippen LogP contribution in [0.1, 0.15) is 40.7 Å². The topological polar surface area (TPSA) is 55.9 Å². The SMILES string of the molecule is Cc1ccc(C(=O)N2CCC(CC(=O)NCCN3CCN(Cc4ccccc4)CC3)CC2)cc1. The van der Waals surface area contributed by atoms with Gasteiger partial charge in [-0.2, -0.15) is 0 Å². The molecule has 0 aromatic heterocycles. The lowest BCUT2D eigenvalue weighted by Gasteiger charge is -2.34. The molecule has 2 amide bonds. The molecule has 0 spiro atoms. The molecule has 0 aliphatic carbocycles. The van der Waals surface area contributed by atoms with Crippen molar-refractivity contribution in [3.05, 3.63) is 71.3 Å². The summed E-state index contributed by atoms with van der Waals surface area (Å²) < 4.78 is 0. The molecule has 4 rings (SSSR count). The highest BCUT2D eigenvalue weighted by Crippen LogP contribution is 2.22.